The summed E-state index contributed by atoms with van der Waals surface area (Å²) in [5.74, 6) is 0. The van der Waals surface area contributed by atoms with Crippen molar-refractivity contribution < 1.29 is 0 Å². The van der Waals surface area contributed by atoms with Crippen molar-refractivity contribution in [2.24, 2.45) is 0 Å². The highest BCUT2D eigenvalue weighted by Crippen LogP contribution is 2.51. The molecule has 0 amide bonds. The summed E-state index contributed by atoms with van der Waals surface area (Å²) >= 11 is 0. The maximum absolute atomic E-state index is 4.64. The van der Waals surface area contributed by atoms with E-state index in [-0.39, 0.29) is 0 Å². The van der Waals surface area contributed by atoms with Crippen LogP contribution in [0.2, 0.25) is 0 Å². The van der Waals surface area contributed by atoms with Crippen LogP contribution in [0, 0.1) is 0 Å². The number of allylic oxidation sites excluding steroid dienone is 12. The molecule has 0 N–H and O–H groups in total. The topological polar surface area (TPSA) is 16.1 Å². The molecule has 0 saturated heterocycles. The van der Waals surface area contributed by atoms with Gasteiger partial charge >= 0.3 is 0 Å². The van der Waals surface area contributed by atoms with Crippen molar-refractivity contribution in [1.82, 2.24) is 4.98 Å². The lowest BCUT2D eigenvalue weighted by molar-refractivity contribution is 1.24. The summed E-state index contributed by atoms with van der Waals surface area (Å²) in [5.41, 5.74) is 18.9. The second-order valence-electron chi connectivity index (χ2n) is 15.4. The van der Waals surface area contributed by atoms with Crippen LogP contribution < -0.4 is 4.90 Å². The van der Waals surface area contributed by atoms with Crippen LogP contribution >= 0.6 is 0 Å². The highest BCUT2D eigenvalue weighted by Gasteiger charge is 2.27. The summed E-state index contributed by atoms with van der Waals surface area (Å²) in [5, 5.41) is 7.66. The predicted molar refractivity (Wildman–Crippen MR) is 242 cm³/mol. The molecule has 12 rings (SSSR count). The standard InChI is InChI=1S/C55H36N2/c1-3-17-43-45(19-5-1)51-28-26-40(47-21-10-23-49(43)54(47)51)36-31-37(41-27-29-52-46-20-6-2-4-18-44(46)50-24-11-22-48(41)55(50)52)33-39(32-36)57(38-15-12-30-56-34-38)53-25-9-14-35-13-7-8-16-42(35)53/h1-16,19-34H,17-18H2. The zero-order valence-electron chi connectivity index (χ0n) is 31.3. The van der Waals surface area contributed by atoms with Gasteiger partial charge in [0.1, 0.15) is 0 Å². The maximum atomic E-state index is 4.64. The quantitative estimate of drug-likeness (QED) is 0.176. The molecule has 0 saturated carbocycles. The smallest absolute Gasteiger partial charge is 0.0645 e. The fraction of sp³-hybridized carbons (Fsp3) is 0.0364. The van der Waals surface area contributed by atoms with Crippen molar-refractivity contribution in [1.29, 1.82) is 0 Å². The largest absolute Gasteiger partial charge is 0.308 e. The zero-order chi connectivity index (χ0) is 37.5. The molecule has 4 aliphatic carbocycles. The molecule has 0 unspecified atom stereocenters. The molecule has 57 heavy (non-hydrogen) atoms. The molecular weight excluding hydrogens is 689 g/mol. The van der Waals surface area contributed by atoms with E-state index in [4.69, 9.17) is 0 Å². The van der Waals surface area contributed by atoms with E-state index in [1.54, 1.807) is 0 Å². The minimum absolute atomic E-state index is 0.936. The molecular formula is C55H36N2. The zero-order valence-corrected chi connectivity index (χ0v) is 31.3. The van der Waals surface area contributed by atoms with Crippen LogP contribution in [-0.4, -0.2) is 4.98 Å². The summed E-state index contributed by atoms with van der Waals surface area (Å²) in [6.45, 7) is 0. The molecule has 4 aliphatic rings. The fourth-order valence-corrected chi connectivity index (χ4v) is 9.90. The van der Waals surface area contributed by atoms with Crippen LogP contribution in [0.4, 0.5) is 17.1 Å². The van der Waals surface area contributed by atoms with Crippen molar-refractivity contribution >= 4 is 71.7 Å². The highest BCUT2D eigenvalue weighted by molar-refractivity contribution is 6.21. The maximum Gasteiger partial charge on any atom is 0.0645 e. The van der Waals surface area contributed by atoms with Gasteiger partial charge in [0.15, 0.2) is 0 Å². The molecule has 0 fully saturated rings. The molecule has 266 valence electrons. The van der Waals surface area contributed by atoms with E-state index in [0.717, 1.165) is 29.9 Å². The van der Waals surface area contributed by atoms with Crippen LogP contribution in [0.5, 0.6) is 0 Å². The molecule has 0 radical (unpaired) electrons. The summed E-state index contributed by atoms with van der Waals surface area (Å²) in [4.78, 5) is 7.04. The molecule has 0 aliphatic heterocycles. The SMILES string of the molecule is C1=CCC2=C(C=C1)c1ccc(-c3cc(-c4ccc5c6c(cccc46)C4=C5C=CC=CC4)cc(N(c4cccnc4)c4cccc5ccccc45)c3)c3cccc2c13. The molecule has 7 aromatic carbocycles. The van der Waals surface area contributed by atoms with Crippen LogP contribution in [0.15, 0.2) is 194 Å². The molecule has 0 bridgehead atoms. The van der Waals surface area contributed by atoms with Crippen LogP contribution in [0.25, 0.3) is 76.9 Å². The van der Waals surface area contributed by atoms with E-state index < -0.39 is 0 Å². The second-order valence-corrected chi connectivity index (χ2v) is 15.4. The summed E-state index contributed by atoms with van der Waals surface area (Å²) < 4.78 is 0. The lowest BCUT2D eigenvalue weighted by Crippen LogP contribution is -2.11. The minimum Gasteiger partial charge on any atom is -0.308 e. The predicted octanol–water partition coefficient (Wildman–Crippen LogP) is 14.8. The number of fused-ring (bicyclic) bond motifs is 5. The number of pyridine rings is 1. The number of nitrogens with zero attached hydrogens (tertiary/aromatic N) is 2. The van der Waals surface area contributed by atoms with E-state index in [2.05, 4.69) is 186 Å². The highest BCUT2D eigenvalue weighted by atomic mass is 15.1. The van der Waals surface area contributed by atoms with E-state index in [0.29, 0.717) is 0 Å². The van der Waals surface area contributed by atoms with Gasteiger partial charge in [0.25, 0.3) is 0 Å². The Morgan fingerprint density at radius 2 is 1.02 bits per heavy atom. The van der Waals surface area contributed by atoms with Gasteiger partial charge in [-0.05, 0) is 143 Å². The van der Waals surface area contributed by atoms with Crippen molar-refractivity contribution in [3.05, 3.63) is 217 Å². The van der Waals surface area contributed by atoms with Gasteiger partial charge < -0.3 is 4.90 Å². The average molecular weight is 725 g/mol. The summed E-state index contributed by atoms with van der Waals surface area (Å²) in [6.07, 6.45) is 23.5. The molecule has 0 spiro atoms. The average Bonchev–Trinajstić information content (AvgIpc) is 3.46. The number of benzene rings is 7. The number of anilines is 3. The van der Waals surface area contributed by atoms with Crippen molar-refractivity contribution in [2.75, 3.05) is 4.90 Å². The lowest BCUT2D eigenvalue weighted by atomic mass is 9.89. The van der Waals surface area contributed by atoms with Crippen molar-refractivity contribution in [2.45, 2.75) is 12.8 Å². The first-order valence-electron chi connectivity index (χ1n) is 19.9. The van der Waals surface area contributed by atoms with Gasteiger partial charge in [0.05, 0.1) is 17.6 Å². The Hall–Kier alpha value is -7.29. The Labute approximate surface area is 332 Å². The monoisotopic (exact) mass is 724 g/mol. The minimum atomic E-state index is 0.936. The first kappa shape index (κ1) is 32.0. The molecule has 0 atom stereocenters. The van der Waals surface area contributed by atoms with Gasteiger partial charge in [-0.2, -0.15) is 0 Å². The second kappa shape index (κ2) is 12.6. The molecule has 1 aromatic heterocycles. The van der Waals surface area contributed by atoms with Crippen molar-refractivity contribution in [3.8, 4) is 22.3 Å². The number of rotatable bonds is 5. The van der Waals surface area contributed by atoms with Crippen LogP contribution in [0.3, 0.4) is 0 Å². The van der Waals surface area contributed by atoms with E-state index in [1.807, 2.05) is 18.5 Å². The lowest BCUT2D eigenvalue weighted by Gasteiger charge is -2.28. The van der Waals surface area contributed by atoms with Gasteiger partial charge in [-0.1, -0.05) is 146 Å². The third-order valence-electron chi connectivity index (χ3n) is 12.3. The van der Waals surface area contributed by atoms with Gasteiger partial charge in [0.2, 0.25) is 0 Å². The number of aromatic nitrogens is 1. The Morgan fingerprint density at radius 3 is 1.65 bits per heavy atom. The first-order valence-corrected chi connectivity index (χ1v) is 19.9. The third kappa shape index (κ3) is 4.87. The van der Waals surface area contributed by atoms with Crippen molar-refractivity contribution in [3.63, 3.8) is 0 Å². The Bertz CT molecular complexity index is 3060. The van der Waals surface area contributed by atoms with E-state index in [1.165, 1.54) is 99.1 Å². The van der Waals surface area contributed by atoms with Gasteiger partial charge in [-0.3, -0.25) is 4.98 Å². The number of hydrogen-bond acceptors (Lipinski definition) is 2. The molecule has 1 heterocycles. The van der Waals surface area contributed by atoms with Gasteiger partial charge in [0, 0.05) is 17.3 Å². The summed E-state index contributed by atoms with van der Waals surface area (Å²) in [7, 11) is 0. The Balaban J connectivity index is 1.14. The normalized spacial score (nSPS) is 14.8. The number of hydrogen-bond donors (Lipinski definition) is 0. The molecule has 2 heteroatoms. The fourth-order valence-electron chi connectivity index (χ4n) is 9.90. The first-order chi connectivity index (χ1) is 28.3. The molecule has 8 aromatic rings. The Kier molecular flexibility index (Phi) is 7.09. The van der Waals surface area contributed by atoms with Gasteiger partial charge in [-0.25, -0.2) is 0 Å². The van der Waals surface area contributed by atoms with E-state index in [9.17, 15) is 0 Å². The van der Waals surface area contributed by atoms with Crippen LogP contribution in [-0.2, 0) is 0 Å². The van der Waals surface area contributed by atoms with E-state index >= 15 is 0 Å². The Morgan fingerprint density at radius 1 is 0.439 bits per heavy atom. The van der Waals surface area contributed by atoms with Gasteiger partial charge in [-0.15, -0.1) is 0 Å². The molecule has 2 nitrogen and oxygen atoms in total. The third-order valence-corrected chi connectivity index (χ3v) is 12.3. The summed E-state index contributed by atoms with van der Waals surface area (Å²) in [6, 6.07) is 49.8. The van der Waals surface area contributed by atoms with Crippen LogP contribution in [0.1, 0.15) is 35.1 Å².